The third-order valence-corrected chi connectivity index (χ3v) is 3.37. The fraction of sp³-hybridized carbons (Fsp3) is 0.538. The van der Waals surface area contributed by atoms with Crippen molar-refractivity contribution in [2.75, 3.05) is 13.7 Å². The highest BCUT2D eigenvalue weighted by molar-refractivity contribution is 6.31. The van der Waals surface area contributed by atoms with Crippen LogP contribution in [0.1, 0.15) is 24.0 Å². The van der Waals surface area contributed by atoms with Crippen LogP contribution in [0.2, 0.25) is 5.02 Å². The highest BCUT2D eigenvalue weighted by Gasteiger charge is 2.19. The van der Waals surface area contributed by atoms with E-state index in [4.69, 9.17) is 16.3 Å². The Morgan fingerprint density at radius 2 is 2.19 bits per heavy atom. The molecule has 3 heteroatoms. The Bertz CT molecular complexity index is 374. The Labute approximate surface area is 102 Å². The first-order valence-electron chi connectivity index (χ1n) is 5.77. The van der Waals surface area contributed by atoms with Crippen molar-refractivity contribution in [3.63, 3.8) is 0 Å². The van der Waals surface area contributed by atoms with Crippen LogP contribution in [-0.2, 0) is 6.42 Å². The van der Waals surface area contributed by atoms with Gasteiger partial charge in [-0.15, -0.1) is 0 Å². The maximum atomic E-state index is 6.12. The zero-order valence-electron chi connectivity index (χ0n) is 9.85. The minimum Gasteiger partial charge on any atom is -0.496 e. The fourth-order valence-electron chi connectivity index (χ4n) is 1.78. The molecule has 1 aromatic carbocycles. The Hall–Kier alpha value is -0.730. The lowest BCUT2D eigenvalue weighted by molar-refractivity contribution is 0.408. The van der Waals surface area contributed by atoms with Crippen LogP contribution in [0.4, 0.5) is 0 Å². The van der Waals surface area contributed by atoms with E-state index in [0.29, 0.717) is 0 Å². The van der Waals surface area contributed by atoms with Crippen LogP contribution in [0.3, 0.4) is 0 Å². The van der Waals surface area contributed by atoms with Gasteiger partial charge in [-0.2, -0.15) is 0 Å². The van der Waals surface area contributed by atoms with Gasteiger partial charge in [-0.3, -0.25) is 0 Å². The Morgan fingerprint density at radius 1 is 1.44 bits per heavy atom. The summed E-state index contributed by atoms with van der Waals surface area (Å²) in [5, 5.41) is 4.31. The predicted octanol–water partition coefficient (Wildman–Crippen LogP) is 2.95. The van der Waals surface area contributed by atoms with Crippen molar-refractivity contribution in [3.05, 3.63) is 28.3 Å². The smallest absolute Gasteiger partial charge is 0.122 e. The summed E-state index contributed by atoms with van der Waals surface area (Å²) in [6.45, 7) is 3.00. The van der Waals surface area contributed by atoms with Crippen LogP contribution >= 0.6 is 11.6 Å². The molecule has 0 spiro atoms. The molecule has 1 aliphatic rings. The van der Waals surface area contributed by atoms with Gasteiger partial charge in [-0.1, -0.05) is 11.6 Å². The van der Waals surface area contributed by atoms with Gasteiger partial charge in [0, 0.05) is 11.1 Å². The number of aryl methyl sites for hydroxylation is 1. The predicted molar refractivity (Wildman–Crippen MR) is 67.5 cm³/mol. The molecule has 88 valence electrons. The molecule has 0 atom stereocenters. The van der Waals surface area contributed by atoms with Crippen LogP contribution in [0.25, 0.3) is 0 Å². The molecule has 1 N–H and O–H groups in total. The molecule has 0 aromatic heterocycles. The number of nitrogens with one attached hydrogen (secondary N) is 1. The van der Waals surface area contributed by atoms with Gasteiger partial charge in [0.1, 0.15) is 5.75 Å². The summed E-state index contributed by atoms with van der Waals surface area (Å²) < 4.78 is 5.37. The largest absolute Gasteiger partial charge is 0.496 e. The lowest BCUT2D eigenvalue weighted by Gasteiger charge is -2.11. The molecule has 2 rings (SSSR count). The van der Waals surface area contributed by atoms with Gasteiger partial charge in [0.05, 0.1) is 7.11 Å². The molecule has 1 fully saturated rings. The zero-order chi connectivity index (χ0) is 11.5. The highest BCUT2D eigenvalue weighted by atomic mass is 35.5. The van der Waals surface area contributed by atoms with E-state index in [0.717, 1.165) is 35.3 Å². The molecular formula is C13H18ClNO. The summed E-state index contributed by atoms with van der Waals surface area (Å²) in [5.74, 6) is 0.944. The van der Waals surface area contributed by atoms with Crippen LogP contribution in [0.5, 0.6) is 5.75 Å². The van der Waals surface area contributed by atoms with E-state index in [9.17, 15) is 0 Å². The summed E-state index contributed by atoms with van der Waals surface area (Å²) in [6.07, 6.45) is 3.62. The molecule has 16 heavy (non-hydrogen) atoms. The van der Waals surface area contributed by atoms with Gasteiger partial charge in [0.15, 0.2) is 0 Å². The maximum Gasteiger partial charge on any atom is 0.122 e. The Balaban J connectivity index is 2.01. The zero-order valence-corrected chi connectivity index (χ0v) is 10.6. The highest BCUT2D eigenvalue weighted by Crippen LogP contribution is 2.27. The van der Waals surface area contributed by atoms with E-state index < -0.39 is 0 Å². The lowest BCUT2D eigenvalue weighted by atomic mass is 10.1. The number of hydrogen-bond donors (Lipinski definition) is 1. The van der Waals surface area contributed by atoms with Crippen molar-refractivity contribution in [1.29, 1.82) is 0 Å². The second-order valence-corrected chi connectivity index (χ2v) is 4.80. The van der Waals surface area contributed by atoms with Crippen molar-refractivity contribution in [3.8, 4) is 5.75 Å². The standard InChI is InChI=1S/C13H18ClNO/c1-9-7-13(16-2)10(8-12(9)14)5-6-15-11-3-4-11/h7-8,11,15H,3-6H2,1-2H3. The molecule has 2 nitrogen and oxygen atoms in total. The van der Waals surface area contributed by atoms with Gasteiger partial charge in [-0.05, 0) is 56.0 Å². The number of methoxy groups -OCH3 is 1. The van der Waals surface area contributed by atoms with Crippen molar-refractivity contribution >= 4 is 11.6 Å². The van der Waals surface area contributed by atoms with Gasteiger partial charge in [-0.25, -0.2) is 0 Å². The normalized spacial score (nSPS) is 15.2. The van der Waals surface area contributed by atoms with Crippen molar-refractivity contribution < 1.29 is 4.74 Å². The summed E-state index contributed by atoms with van der Waals surface area (Å²) in [7, 11) is 1.71. The topological polar surface area (TPSA) is 21.3 Å². The molecule has 0 bridgehead atoms. The molecule has 0 amide bonds. The van der Waals surface area contributed by atoms with Crippen molar-refractivity contribution in [2.24, 2.45) is 0 Å². The van der Waals surface area contributed by atoms with Gasteiger partial charge < -0.3 is 10.1 Å². The average Bonchev–Trinajstić information content (AvgIpc) is 3.07. The van der Waals surface area contributed by atoms with E-state index >= 15 is 0 Å². The number of halogens is 1. The second kappa shape index (κ2) is 5.07. The first-order valence-corrected chi connectivity index (χ1v) is 6.15. The van der Waals surface area contributed by atoms with Crippen LogP contribution in [0, 0.1) is 6.92 Å². The Morgan fingerprint density at radius 3 is 2.81 bits per heavy atom. The second-order valence-electron chi connectivity index (χ2n) is 4.39. The molecule has 1 aliphatic carbocycles. The molecule has 0 radical (unpaired) electrons. The Kier molecular flexibility index (Phi) is 3.72. The van der Waals surface area contributed by atoms with Gasteiger partial charge >= 0.3 is 0 Å². The van der Waals surface area contributed by atoms with Crippen LogP contribution < -0.4 is 10.1 Å². The summed E-state index contributed by atoms with van der Waals surface area (Å²) in [4.78, 5) is 0. The quantitative estimate of drug-likeness (QED) is 0.853. The summed E-state index contributed by atoms with van der Waals surface area (Å²) in [6, 6.07) is 4.78. The molecule has 0 aliphatic heterocycles. The minimum absolute atomic E-state index is 0.756. The van der Waals surface area contributed by atoms with Crippen LogP contribution in [-0.4, -0.2) is 19.7 Å². The SMILES string of the molecule is COc1cc(C)c(Cl)cc1CCNC1CC1. The summed E-state index contributed by atoms with van der Waals surface area (Å²) in [5.41, 5.74) is 2.25. The fourth-order valence-corrected chi connectivity index (χ4v) is 1.97. The molecule has 1 saturated carbocycles. The monoisotopic (exact) mass is 239 g/mol. The van der Waals surface area contributed by atoms with Crippen LogP contribution in [0.15, 0.2) is 12.1 Å². The van der Waals surface area contributed by atoms with E-state index in [1.54, 1.807) is 7.11 Å². The third-order valence-electron chi connectivity index (χ3n) is 2.97. The number of benzene rings is 1. The van der Waals surface area contributed by atoms with Crippen molar-refractivity contribution in [2.45, 2.75) is 32.2 Å². The average molecular weight is 240 g/mol. The van der Waals surface area contributed by atoms with E-state index in [-0.39, 0.29) is 0 Å². The minimum atomic E-state index is 0.756. The first kappa shape index (κ1) is 11.7. The third kappa shape index (κ3) is 2.89. The number of hydrogen-bond acceptors (Lipinski definition) is 2. The van der Waals surface area contributed by atoms with Crippen molar-refractivity contribution in [1.82, 2.24) is 5.32 Å². The molecular weight excluding hydrogens is 222 g/mol. The van der Waals surface area contributed by atoms with E-state index in [1.165, 1.54) is 18.4 Å². The molecule has 0 saturated heterocycles. The number of ether oxygens (including phenoxy) is 1. The molecule has 1 aromatic rings. The lowest BCUT2D eigenvalue weighted by Crippen LogP contribution is -2.19. The van der Waals surface area contributed by atoms with Gasteiger partial charge in [0.25, 0.3) is 0 Å². The first-order chi connectivity index (χ1) is 7.70. The van der Waals surface area contributed by atoms with E-state index in [2.05, 4.69) is 5.32 Å². The van der Waals surface area contributed by atoms with Gasteiger partial charge in [0.2, 0.25) is 0 Å². The van der Waals surface area contributed by atoms with E-state index in [1.807, 2.05) is 19.1 Å². The maximum absolute atomic E-state index is 6.12. The number of rotatable bonds is 5. The molecule has 0 unspecified atom stereocenters. The molecule has 0 heterocycles. The summed E-state index contributed by atoms with van der Waals surface area (Å²) >= 11 is 6.12.